The molecular formula is C18H25N3O3. The number of amides is 1. The quantitative estimate of drug-likeness (QED) is 0.850. The fraction of sp³-hybridized carbons (Fsp3) is 0.611. The largest absolute Gasteiger partial charge is 0.481 e. The van der Waals surface area contributed by atoms with Gasteiger partial charge in [-0.15, -0.1) is 0 Å². The number of carbonyl (C=O) groups is 1. The third-order valence-electron chi connectivity index (χ3n) is 3.98. The summed E-state index contributed by atoms with van der Waals surface area (Å²) in [6.45, 7) is 6.49. The lowest BCUT2D eigenvalue weighted by atomic mass is 9.77. The maximum atomic E-state index is 12.3. The Kier molecular flexibility index (Phi) is 5.33. The van der Waals surface area contributed by atoms with Gasteiger partial charge in [-0.3, -0.25) is 0 Å². The summed E-state index contributed by atoms with van der Waals surface area (Å²) in [5.74, 6) is 0.528. The Balaban J connectivity index is 2.13. The topological polar surface area (TPSA) is 75.5 Å². The van der Waals surface area contributed by atoms with Crippen LogP contribution < -0.4 is 4.74 Å². The van der Waals surface area contributed by atoms with Gasteiger partial charge in [0.1, 0.15) is 5.60 Å². The molecule has 0 N–H and O–H groups in total. The number of nitrogens with zero attached hydrogens (tertiary/aromatic N) is 3. The van der Waals surface area contributed by atoms with Crippen molar-refractivity contribution in [3.63, 3.8) is 0 Å². The highest BCUT2D eigenvalue weighted by atomic mass is 16.6. The van der Waals surface area contributed by atoms with E-state index in [1.807, 2.05) is 32.9 Å². The molecule has 0 bridgehead atoms. The molecule has 6 heteroatoms. The Labute approximate surface area is 143 Å². The number of nitriles is 1. The minimum Gasteiger partial charge on any atom is -0.481 e. The molecule has 1 fully saturated rings. The molecule has 1 amide bonds. The number of methoxy groups -OCH3 is 1. The molecule has 1 aromatic rings. The molecule has 1 aliphatic rings. The molecule has 2 rings (SSSR count). The Hall–Kier alpha value is -2.29. The van der Waals surface area contributed by atoms with Gasteiger partial charge in [-0.25, -0.2) is 9.78 Å². The van der Waals surface area contributed by atoms with E-state index in [1.54, 1.807) is 18.1 Å². The second-order valence-corrected chi connectivity index (χ2v) is 7.25. The zero-order valence-corrected chi connectivity index (χ0v) is 14.8. The second kappa shape index (κ2) is 7.08. The van der Waals surface area contributed by atoms with Gasteiger partial charge in [-0.05, 0) is 39.7 Å². The molecule has 0 aromatic carbocycles. The Morgan fingerprint density at radius 1 is 1.46 bits per heavy atom. The van der Waals surface area contributed by atoms with Gasteiger partial charge in [0.05, 0.1) is 18.6 Å². The van der Waals surface area contributed by atoms with Crippen LogP contribution in [0.4, 0.5) is 4.79 Å². The molecule has 1 saturated heterocycles. The second-order valence-electron chi connectivity index (χ2n) is 7.25. The standard InChI is InChI=1S/C18H25N3O3/c1-17(2,3)24-16(22)21-10-6-9-18(12-19,13-21)11-14-7-5-8-15(20-14)23-4/h5,7-8H,6,9-11,13H2,1-4H3. The van der Waals surface area contributed by atoms with E-state index in [1.165, 1.54) is 0 Å². The molecule has 1 aliphatic heterocycles. The van der Waals surface area contributed by atoms with E-state index in [2.05, 4.69) is 11.1 Å². The molecule has 24 heavy (non-hydrogen) atoms. The normalized spacial score (nSPS) is 21.0. The van der Waals surface area contributed by atoms with Crippen molar-refractivity contribution in [3.05, 3.63) is 23.9 Å². The highest BCUT2D eigenvalue weighted by Gasteiger charge is 2.39. The predicted molar refractivity (Wildman–Crippen MR) is 89.6 cm³/mol. The van der Waals surface area contributed by atoms with Gasteiger partial charge in [-0.1, -0.05) is 6.07 Å². The predicted octanol–water partition coefficient (Wildman–Crippen LogP) is 3.17. The van der Waals surface area contributed by atoms with Crippen LogP contribution in [0.2, 0.25) is 0 Å². The molecule has 0 saturated carbocycles. The fourth-order valence-electron chi connectivity index (χ4n) is 2.91. The number of ether oxygens (including phenoxy) is 2. The number of pyridine rings is 1. The maximum Gasteiger partial charge on any atom is 0.410 e. The maximum absolute atomic E-state index is 12.3. The van der Waals surface area contributed by atoms with Crippen LogP contribution in [-0.4, -0.2) is 41.8 Å². The molecule has 0 aliphatic carbocycles. The minimum absolute atomic E-state index is 0.358. The van der Waals surface area contributed by atoms with Crippen molar-refractivity contribution >= 4 is 6.09 Å². The lowest BCUT2D eigenvalue weighted by Crippen LogP contribution is -2.48. The van der Waals surface area contributed by atoms with E-state index >= 15 is 0 Å². The molecule has 1 atom stereocenters. The summed E-state index contributed by atoms with van der Waals surface area (Å²) in [6, 6.07) is 7.94. The third-order valence-corrected chi connectivity index (χ3v) is 3.98. The number of hydrogen-bond acceptors (Lipinski definition) is 5. The van der Waals surface area contributed by atoms with E-state index in [-0.39, 0.29) is 6.09 Å². The van der Waals surface area contributed by atoms with Crippen molar-refractivity contribution in [1.82, 2.24) is 9.88 Å². The zero-order valence-electron chi connectivity index (χ0n) is 14.8. The molecule has 130 valence electrons. The fourth-order valence-corrected chi connectivity index (χ4v) is 2.91. The third kappa shape index (κ3) is 4.60. The lowest BCUT2D eigenvalue weighted by Gasteiger charge is -2.38. The van der Waals surface area contributed by atoms with Crippen molar-refractivity contribution in [2.45, 2.75) is 45.6 Å². The number of aromatic nitrogens is 1. The number of piperidine rings is 1. The molecular weight excluding hydrogens is 306 g/mol. The summed E-state index contributed by atoms with van der Waals surface area (Å²) >= 11 is 0. The summed E-state index contributed by atoms with van der Waals surface area (Å²) in [4.78, 5) is 18.4. The molecule has 1 aromatic heterocycles. The van der Waals surface area contributed by atoms with E-state index in [4.69, 9.17) is 9.47 Å². The summed E-state index contributed by atoms with van der Waals surface area (Å²) in [7, 11) is 1.57. The minimum atomic E-state index is -0.644. The summed E-state index contributed by atoms with van der Waals surface area (Å²) in [5.41, 5.74) is -0.394. The average molecular weight is 331 g/mol. The van der Waals surface area contributed by atoms with E-state index < -0.39 is 11.0 Å². The molecule has 0 radical (unpaired) electrons. The van der Waals surface area contributed by atoms with Crippen molar-refractivity contribution in [1.29, 1.82) is 5.26 Å². The van der Waals surface area contributed by atoms with Crippen molar-refractivity contribution < 1.29 is 14.3 Å². The van der Waals surface area contributed by atoms with E-state index in [9.17, 15) is 10.1 Å². The van der Waals surface area contributed by atoms with Gasteiger partial charge in [-0.2, -0.15) is 5.26 Å². The number of likely N-dealkylation sites (tertiary alicyclic amines) is 1. The summed E-state index contributed by atoms with van der Waals surface area (Å²) in [5, 5.41) is 9.77. The van der Waals surface area contributed by atoms with Crippen LogP contribution in [0, 0.1) is 16.7 Å². The van der Waals surface area contributed by atoms with Gasteiger partial charge in [0.2, 0.25) is 5.88 Å². The Bertz CT molecular complexity index is 633. The van der Waals surface area contributed by atoms with Crippen LogP contribution in [0.3, 0.4) is 0 Å². The Morgan fingerprint density at radius 2 is 2.21 bits per heavy atom. The van der Waals surface area contributed by atoms with Gasteiger partial charge in [0, 0.05) is 31.3 Å². The highest BCUT2D eigenvalue weighted by Crippen LogP contribution is 2.33. The van der Waals surface area contributed by atoms with Crippen LogP contribution in [0.5, 0.6) is 5.88 Å². The SMILES string of the molecule is COc1cccc(CC2(C#N)CCCN(C(=O)OC(C)(C)C)C2)n1. The van der Waals surface area contributed by atoms with E-state index in [0.29, 0.717) is 25.4 Å². The number of rotatable bonds is 3. The molecule has 6 nitrogen and oxygen atoms in total. The van der Waals surface area contributed by atoms with Crippen LogP contribution >= 0.6 is 0 Å². The smallest absolute Gasteiger partial charge is 0.410 e. The first-order valence-electron chi connectivity index (χ1n) is 8.16. The lowest BCUT2D eigenvalue weighted by molar-refractivity contribution is 0.0110. The van der Waals surface area contributed by atoms with Gasteiger partial charge in [0.15, 0.2) is 0 Å². The van der Waals surface area contributed by atoms with Crippen molar-refractivity contribution in [2.24, 2.45) is 5.41 Å². The van der Waals surface area contributed by atoms with Crippen LogP contribution in [0.15, 0.2) is 18.2 Å². The van der Waals surface area contributed by atoms with Crippen LogP contribution in [0.25, 0.3) is 0 Å². The first-order valence-corrected chi connectivity index (χ1v) is 8.16. The van der Waals surface area contributed by atoms with Gasteiger partial charge >= 0.3 is 6.09 Å². The summed E-state index contributed by atoms with van der Waals surface area (Å²) < 4.78 is 10.6. The van der Waals surface area contributed by atoms with Gasteiger partial charge in [0.25, 0.3) is 0 Å². The molecule has 1 unspecified atom stereocenters. The molecule has 2 heterocycles. The van der Waals surface area contributed by atoms with Crippen LogP contribution in [-0.2, 0) is 11.2 Å². The average Bonchev–Trinajstić information content (AvgIpc) is 2.53. The van der Waals surface area contributed by atoms with E-state index in [0.717, 1.165) is 18.5 Å². The van der Waals surface area contributed by atoms with Crippen molar-refractivity contribution in [3.8, 4) is 11.9 Å². The summed E-state index contributed by atoms with van der Waals surface area (Å²) in [6.07, 6.45) is 1.64. The Morgan fingerprint density at radius 3 is 2.83 bits per heavy atom. The first kappa shape index (κ1) is 18.1. The highest BCUT2D eigenvalue weighted by molar-refractivity contribution is 5.68. The molecule has 0 spiro atoms. The monoisotopic (exact) mass is 331 g/mol. The van der Waals surface area contributed by atoms with Crippen molar-refractivity contribution in [2.75, 3.05) is 20.2 Å². The zero-order chi connectivity index (χ0) is 17.8. The van der Waals surface area contributed by atoms with Gasteiger partial charge < -0.3 is 14.4 Å². The first-order chi connectivity index (χ1) is 11.3. The van der Waals surface area contributed by atoms with Crippen LogP contribution in [0.1, 0.15) is 39.3 Å². The number of carbonyl (C=O) groups excluding carboxylic acids is 1. The number of hydrogen-bond donors (Lipinski definition) is 0.